The van der Waals surface area contributed by atoms with Gasteiger partial charge in [0.1, 0.15) is 18.1 Å². The molecule has 0 unspecified atom stereocenters. The second kappa shape index (κ2) is 8.57. The van der Waals surface area contributed by atoms with E-state index in [1.165, 1.54) is 6.08 Å². The van der Waals surface area contributed by atoms with Crippen LogP contribution in [-0.2, 0) is 14.3 Å². The van der Waals surface area contributed by atoms with E-state index in [0.717, 1.165) is 16.7 Å². The summed E-state index contributed by atoms with van der Waals surface area (Å²) < 4.78 is 11.0. The van der Waals surface area contributed by atoms with E-state index >= 15 is 0 Å². The number of hydrogen-bond donors (Lipinski definition) is 0. The Hall–Kier alpha value is -3.35. The average Bonchev–Trinajstić information content (AvgIpc) is 3.34. The molecule has 1 aromatic carbocycles. The molecule has 30 heavy (non-hydrogen) atoms. The van der Waals surface area contributed by atoms with Gasteiger partial charge in [-0.15, -0.1) is 0 Å². The molecule has 4 rings (SSSR count). The van der Waals surface area contributed by atoms with Crippen LogP contribution in [0.15, 0.2) is 45.7 Å². The monoisotopic (exact) mass is 423 g/mol. The fourth-order valence-corrected chi connectivity index (χ4v) is 4.00. The number of amides is 3. The molecule has 2 saturated heterocycles. The summed E-state index contributed by atoms with van der Waals surface area (Å²) in [5.74, 6) is 0.0557. The number of rotatable bonds is 4. The first-order chi connectivity index (χ1) is 14.6. The zero-order valence-corrected chi connectivity index (χ0v) is 16.7. The van der Waals surface area contributed by atoms with Crippen molar-refractivity contribution in [2.75, 3.05) is 32.8 Å². The molecule has 9 heteroatoms. The van der Waals surface area contributed by atoms with Crippen molar-refractivity contribution in [3.05, 3.63) is 52.6 Å². The van der Waals surface area contributed by atoms with Gasteiger partial charge in [-0.1, -0.05) is 12.1 Å². The zero-order chi connectivity index (χ0) is 21.1. The van der Waals surface area contributed by atoms with Crippen molar-refractivity contribution in [2.24, 2.45) is 0 Å². The number of benzene rings is 1. The number of ether oxygens (including phenoxy) is 1. The number of furan rings is 1. The van der Waals surface area contributed by atoms with E-state index in [1.54, 1.807) is 41.3 Å². The maximum absolute atomic E-state index is 12.7. The third-order valence-corrected chi connectivity index (χ3v) is 5.65. The lowest BCUT2D eigenvalue weighted by Crippen LogP contribution is -2.46. The lowest BCUT2D eigenvalue weighted by molar-refractivity contribution is -0.139. The van der Waals surface area contributed by atoms with E-state index in [9.17, 15) is 19.6 Å². The molecule has 0 radical (unpaired) electrons. The van der Waals surface area contributed by atoms with E-state index in [4.69, 9.17) is 9.15 Å². The van der Waals surface area contributed by atoms with Crippen LogP contribution in [0.25, 0.3) is 17.4 Å². The quantitative estimate of drug-likeness (QED) is 0.697. The van der Waals surface area contributed by atoms with Gasteiger partial charge < -0.3 is 14.1 Å². The maximum Gasteiger partial charge on any atom is 0.294 e. The normalized spacial score (nSPS) is 18.2. The number of morpholine rings is 1. The minimum absolute atomic E-state index is 0.184. The minimum Gasteiger partial charge on any atom is -0.457 e. The lowest BCUT2D eigenvalue weighted by Gasteiger charge is -2.27. The number of imide groups is 1. The van der Waals surface area contributed by atoms with Crippen molar-refractivity contribution in [3.63, 3.8) is 0 Å². The summed E-state index contributed by atoms with van der Waals surface area (Å²) in [6.45, 7) is 1.50. The highest BCUT2D eigenvalue weighted by atomic mass is 32.2. The standard InChI is InChI=1S/C21H17N3O5S/c22-12-14-3-1-2-4-16(14)17-6-5-15(29-17)11-18-20(26)24(21(27)30-18)13-19(25)23-7-9-28-10-8-23/h1-6,11H,7-10,13H2/b18-11+. The topological polar surface area (TPSA) is 104 Å². The predicted molar refractivity (Wildman–Crippen MR) is 109 cm³/mol. The Morgan fingerprint density at radius 3 is 2.70 bits per heavy atom. The molecule has 1 aromatic heterocycles. The molecule has 2 fully saturated rings. The van der Waals surface area contributed by atoms with Crippen molar-refractivity contribution in [2.45, 2.75) is 0 Å². The van der Waals surface area contributed by atoms with E-state index in [2.05, 4.69) is 6.07 Å². The molecule has 0 saturated carbocycles. The number of thioether (sulfide) groups is 1. The molecule has 0 atom stereocenters. The SMILES string of the molecule is N#Cc1ccccc1-c1ccc(/C=C2/SC(=O)N(CC(=O)N3CCOCC3)C2=O)o1. The van der Waals surface area contributed by atoms with Gasteiger partial charge in [-0.3, -0.25) is 19.3 Å². The smallest absolute Gasteiger partial charge is 0.294 e. The molecule has 0 bridgehead atoms. The van der Waals surface area contributed by atoms with Crippen LogP contribution >= 0.6 is 11.8 Å². The fourth-order valence-electron chi connectivity index (χ4n) is 3.18. The molecule has 2 aliphatic rings. The first-order valence-electron chi connectivity index (χ1n) is 9.27. The molecule has 3 amide bonds. The predicted octanol–water partition coefficient (Wildman–Crippen LogP) is 2.71. The third-order valence-electron chi connectivity index (χ3n) is 4.74. The van der Waals surface area contributed by atoms with Crippen LogP contribution in [0, 0.1) is 11.3 Å². The largest absolute Gasteiger partial charge is 0.457 e. The van der Waals surface area contributed by atoms with Gasteiger partial charge in [0.25, 0.3) is 11.1 Å². The molecular formula is C21H17N3O5S. The van der Waals surface area contributed by atoms with Crippen LogP contribution in [-0.4, -0.2) is 59.7 Å². The first-order valence-corrected chi connectivity index (χ1v) is 10.1. The summed E-state index contributed by atoms with van der Waals surface area (Å²) in [7, 11) is 0. The van der Waals surface area contributed by atoms with Crippen molar-refractivity contribution in [1.82, 2.24) is 9.80 Å². The van der Waals surface area contributed by atoms with Crippen LogP contribution in [0.2, 0.25) is 0 Å². The van der Waals surface area contributed by atoms with E-state index < -0.39 is 11.1 Å². The van der Waals surface area contributed by atoms with Gasteiger partial charge in [-0.25, -0.2) is 0 Å². The highest BCUT2D eigenvalue weighted by Crippen LogP contribution is 2.33. The van der Waals surface area contributed by atoms with Gasteiger partial charge in [0.15, 0.2) is 0 Å². The first kappa shape index (κ1) is 19.9. The second-order valence-corrected chi connectivity index (χ2v) is 7.61. The van der Waals surface area contributed by atoms with Gasteiger partial charge in [-0.05, 0) is 36.0 Å². The number of carbonyl (C=O) groups is 3. The van der Waals surface area contributed by atoms with Crippen LogP contribution in [0.4, 0.5) is 4.79 Å². The molecule has 0 aliphatic carbocycles. The zero-order valence-electron chi connectivity index (χ0n) is 15.9. The fraction of sp³-hybridized carbons (Fsp3) is 0.238. The molecule has 3 heterocycles. The summed E-state index contributed by atoms with van der Waals surface area (Å²) in [4.78, 5) is 40.0. The highest BCUT2D eigenvalue weighted by Gasteiger charge is 2.37. The summed E-state index contributed by atoms with van der Waals surface area (Å²) in [6.07, 6.45) is 1.47. The molecule has 2 aromatic rings. The Morgan fingerprint density at radius 2 is 1.93 bits per heavy atom. The van der Waals surface area contributed by atoms with Crippen LogP contribution in [0.5, 0.6) is 0 Å². The minimum atomic E-state index is -0.526. The van der Waals surface area contributed by atoms with Gasteiger partial charge in [-0.2, -0.15) is 5.26 Å². The molecule has 152 valence electrons. The Bertz CT molecular complexity index is 1080. The summed E-state index contributed by atoms with van der Waals surface area (Å²) in [5, 5.41) is 8.75. The van der Waals surface area contributed by atoms with Crippen LogP contribution in [0.3, 0.4) is 0 Å². The third kappa shape index (κ3) is 4.01. The number of nitrogens with zero attached hydrogens (tertiary/aromatic N) is 3. The van der Waals surface area contributed by atoms with Gasteiger partial charge in [0, 0.05) is 24.7 Å². The number of nitriles is 1. The second-order valence-electron chi connectivity index (χ2n) is 6.62. The van der Waals surface area contributed by atoms with Crippen LogP contribution in [0.1, 0.15) is 11.3 Å². The van der Waals surface area contributed by atoms with Crippen molar-refractivity contribution in [3.8, 4) is 17.4 Å². The van der Waals surface area contributed by atoms with E-state index in [0.29, 0.717) is 49.0 Å². The lowest BCUT2D eigenvalue weighted by atomic mass is 10.1. The molecule has 2 aliphatic heterocycles. The number of hydrogen-bond acceptors (Lipinski definition) is 7. The molecule has 0 spiro atoms. The highest BCUT2D eigenvalue weighted by molar-refractivity contribution is 8.18. The Kier molecular flexibility index (Phi) is 5.70. The van der Waals surface area contributed by atoms with Gasteiger partial charge in [0.05, 0.1) is 29.8 Å². The van der Waals surface area contributed by atoms with Crippen LogP contribution < -0.4 is 0 Å². The summed E-state index contributed by atoms with van der Waals surface area (Å²) >= 11 is 0.769. The van der Waals surface area contributed by atoms with E-state index in [1.807, 2.05) is 0 Å². The van der Waals surface area contributed by atoms with Gasteiger partial charge in [0.2, 0.25) is 5.91 Å². The summed E-state index contributed by atoms with van der Waals surface area (Å²) in [6, 6.07) is 12.5. The van der Waals surface area contributed by atoms with E-state index in [-0.39, 0.29) is 17.4 Å². The average molecular weight is 423 g/mol. The Balaban J connectivity index is 1.49. The molecule has 0 N–H and O–H groups in total. The number of carbonyl (C=O) groups excluding carboxylic acids is 3. The molecule has 8 nitrogen and oxygen atoms in total. The Morgan fingerprint density at radius 1 is 1.17 bits per heavy atom. The molecular weight excluding hydrogens is 406 g/mol. The maximum atomic E-state index is 12.7. The Labute approximate surface area is 176 Å². The van der Waals surface area contributed by atoms with Crippen molar-refractivity contribution in [1.29, 1.82) is 5.26 Å². The van der Waals surface area contributed by atoms with Crippen molar-refractivity contribution < 1.29 is 23.5 Å². The van der Waals surface area contributed by atoms with Gasteiger partial charge >= 0.3 is 0 Å². The summed E-state index contributed by atoms with van der Waals surface area (Å²) in [5.41, 5.74) is 1.12. The van der Waals surface area contributed by atoms with Crippen molar-refractivity contribution >= 4 is 34.9 Å².